The molecule has 104 valence electrons. The van der Waals surface area contributed by atoms with Crippen molar-refractivity contribution in [2.75, 3.05) is 13.2 Å². The normalized spacial score (nSPS) is 18.4. The Morgan fingerprint density at radius 2 is 2.37 bits per heavy atom. The highest BCUT2D eigenvalue weighted by Crippen LogP contribution is 2.26. The topological polar surface area (TPSA) is 47.6 Å². The molecule has 1 aliphatic rings. The standard InChI is InChI=1S/C14H18FNO3/c1-2-7-16-9-10-4-3-5-11(15)13(10)19-12-6-8-18-14(12)17/h3-5,12,16H,2,6-9H2,1H3. The zero-order valence-corrected chi connectivity index (χ0v) is 10.9. The molecule has 0 amide bonds. The van der Waals surface area contributed by atoms with Crippen molar-refractivity contribution in [1.82, 2.24) is 5.32 Å². The zero-order valence-electron chi connectivity index (χ0n) is 10.9. The molecular weight excluding hydrogens is 249 g/mol. The highest BCUT2D eigenvalue weighted by molar-refractivity contribution is 5.76. The fourth-order valence-electron chi connectivity index (χ4n) is 1.95. The number of hydrogen-bond donors (Lipinski definition) is 1. The van der Waals surface area contributed by atoms with Crippen molar-refractivity contribution in [2.45, 2.75) is 32.4 Å². The van der Waals surface area contributed by atoms with Gasteiger partial charge in [0, 0.05) is 18.5 Å². The zero-order chi connectivity index (χ0) is 13.7. The van der Waals surface area contributed by atoms with Crippen LogP contribution in [0.4, 0.5) is 4.39 Å². The van der Waals surface area contributed by atoms with E-state index in [1.54, 1.807) is 12.1 Å². The van der Waals surface area contributed by atoms with E-state index in [0.29, 0.717) is 25.1 Å². The molecule has 0 saturated carbocycles. The third-order valence-corrected chi connectivity index (χ3v) is 2.94. The fraction of sp³-hybridized carbons (Fsp3) is 0.500. The van der Waals surface area contributed by atoms with Crippen LogP contribution in [0.3, 0.4) is 0 Å². The van der Waals surface area contributed by atoms with E-state index < -0.39 is 17.9 Å². The van der Waals surface area contributed by atoms with Gasteiger partial charge in [0.2, 0.25) is 0 Å². The first-order valence-electron chi connectivity index (χ1n) is 6.53. The van der Waals surface area contributed by atoms with Gasteiger partial charge < -0.3 is 14.8 Å². The molecule has 1 unspecified atom stereocenters. The molecule has 0 bridgehead atoms. The molecule has 4 nitrogen and oxygen atoms in total. The molecule has 1 atom stereocenters. The molecule has 0 radical (unpaired) electrons. The number of nitrogens with one attached hydrogen (secondary N) is 1. The van der Waals surface area contributed by atoms with Crippen molar-refractivity contribution in [2.24, 2.45) is 0 Å². The number of cyclic esters (lactones) is 1. The van der Waals surface area contributed by atoms with Gasteiger partial charge in [0.05, 0.1) is 6.61 Å². The number of ether oxygens (including phenoxy) is 2. The summed E-state index contributed by atoms with van der Waals surface area (Å²) in [6.45, 7) is 3.76. The molecule has 19 heavy (non-hydrogen) atoms. The molecule has 2 rings (SSSR count). The van der Waals surface area contributed by atoms with Crippen LogP contribution in [0.5, 0.6) is 5.75 Å². The molecule has 1 saturated heterocycles. The minimum Gasteiger partial charge on any atom is -0.475 e. The summed E-state index contributed by atoms with van der Waals surface area (Å²) in [4.78, 5) is 11.4. The lowest BCUT2D eigenvalue weighted by Gasteiger charge is -2.15. The quantitative estimate of drug-likeness (QED) is 0.633. The highest BCUT2D eigenvalue weighted by atomic mass is 19.1. The Balaban J connectivity index is 2.10. The molecule has 1 fully saturated rings. The molecule has 0 spiro atoms. The Hall–Kier alpha value is -1.62. The Labute approximate surface area is 111 Å². The van der Waals surface area contributed by atoms with Crippen LogP contribution in [0, 0.1) is 5.82 Å². The van der Waals surface area contributed by atoms with Crippen molar-refractivity contribution in [1.29, 1.82) is 0 Å². The van der Waals surface area contributed by atoms with Crippen molar-refractivity contribution >= 4 is 5.97 Å². The number of esters is 1. The van der Waals surface area contributed by atoms with Crippen LogP contribution >= 0.6 is 0 Å². The molecule has 0 aliphatic carbocycles. The van der Waals surface area contributed by atoms with Crippen molar-refractivity contribution in [3.63, 3.8) is 0 Å². The van der Waals surface area contributed by atoms with Gasteiger partial charge in [-0.15, -0.1) is 0 Å². The number of carbonyl (C=O) groups excluding carboxylic acids is 1. The minimum absolute atomic E-state index is 0.148. The maximum absolute atomic E-state index is 13.8. The van der Waals surface area contributed by atoms with E-state index in [2.05, 4.69) is 12.2 Å². The second kappa shape index (κ2) is 6.52. The lowest BCUT2D eigenvalue weighted by Crippen LogP contribution is -2.24. The SMILES string of the molecule is CCCNCc1cccc(F)c1OC1CCOC1=O. The van der Waals surface area contributed by atoms with Crippen LogP contribution < -0.4 is 10.1 Å². The molecular formula is C14H18FNO3. The first kappa shape index (κ1) is 13.8. The average Bonchev–Trinajstić information content (AvgIpc) is 2.79. The van der Waals surface area contributed by atoms with Crippen molar-refractivity contribution < 1.29 is 18.7 Å². The summed E-state index contributed by atoms with van der Waals surface area (Å²) in [5, 5.41) is 3.19. The number of benzene rings is 1. The monoisotopic (exact) mass is 267 g/mol. The average molecular weight is 267 g/mol. The lowest BCUT2D eigenvalue weighted by molar-refractivity contribution is -0.143. The van der Waals surface area contributed by atoms with E-state index >= 15 is 0 Å². The third-order valence-electron chi connectivity index (χ3n) is 2.94. The van der Waals surface area contributed by atoms with E-state index in [1.807, 2.05) is 0 Å². The van der Waals surface area contributed by atoms with Crippen LogP contribution in [-0.2, 0) is 16.1 Å². The van der Waals surface area contributed by atoms with Gasteiger partial charge in [-0.2, -0.15) is 0 Å². The van der Waals surface area contributed by atoms with Gasteiger partial charge in [-0.05, 0) is 19.0 Å². The summed E-state index contributed by atoms with van der Waals surface area (Å²) in [6.07, 6.45) is 0.775. The maximum atomic E-state index is 13.8. The van der Waals surface area contributed by atoms with Crippen LogP contribution in [0.15, 0.2) is 18.2 Å². The molecule has 1 heterocycles. The smallest absolute Gasteiger partial charge is 0.347 e. The number of hydrogen-bond acceptors (Lipinski definition) is 4. The van der Waals surface area contributed by atoms with Gasteiger partial charge in [-0.3, -0.25) is 0 Å². The van der Waals surface area contributed by atoms with Crippen LogP contribution in [0.25, 0.3) is 0 Å². The summed E-state index contributed by atoms with van der Waals surface area (Å²) in [6, 6.07) is 4.76. The fourth-order valence-corrected chi connectivity index (χ4v) is 1.95. The van der Waals surface area contributed by atoms with E-state index in [4.69, 9.17) is 9.47 Å². The molecule has 1 aromatic rings. The van der Waals surface area contributed by atoms with E-state index in [0.717, 1.165) is 13.0 Å². The van der Waals surface area contributed by atoms with Gasteiger partial charge >= 0.3 is 5.97 Å². The van der Waals surface area contributed by atoms with Crippen molar-refractivity contribution in [3.05, 3.63) is 29.6 Å². The minimum atomic E-state index is -0.693. The Morgan fingerprint density at radius 3 is 3.05 bits per heavy atom. The molecule has 0 aromatic heterocycles. The lowest BCUT2D eigenvalue weighted by atomic mass is 10.2. The Kier molecular flexibility index (Phi) is 4.74. The predicted molar refractivity (Wildman–Crippen MR) is 68.4 cm³/mol. The number of carbonyl (C=O) groups is 1. The largest absolute Gasteiger partial charge is 0.475 e. The summed E-state index contributed by atoms with van der Waals surface area (Å²) >= 11 is 0. The number of para-hydroxylation sites is 1. The second-order valence-corrected chi connectivity index (χ2v) is 4.47. The van der Waals surface area contributed by atoms with Crippen LogP contribution in [0.2, 0.25) is 0 Å². The molecule has 5 heteroatoms. The molecule has 1 aromatic carbocycles. The summed E-state index contributed by atoms with van der Waals surface area (Å²) in [7, 11) is 0. The van der Waals surface area contributed by atoms with Gasteiger partial charge in [-0.1, -0.05) is 19.1 Å². The van der Waals surface area contributed by atoms with Crippen LogP contribution in [-0.4, -0.2) is 25.2 Å². The van der Waals surface area contributed by atoms with E-state index in [-0.39, 0.29) is 5.75 Å². The first-order valence-corrected chi connectivity index (χ1v) is 6.53. The first-order chi connectivity index (χ1) is 9.22. The van der Waals surface area contributed by atoms with Gasteiger partial charge in [-0.25, -0.2) is 9.18 Å². The van der Waals surface area contributed by atoms with E-state index in [1.165, 1.54) is 6.07 Å². The molecule has 1 N–H and O–H groups in total. The molecule has 1 aliphatic heterocycles. The predicted octanol–water partition coefficient (Wildman–Crippen LogP) is 2.02. The number of halogens is 1. The van der Waals surface area contributed by atoms with Crippen LogP contribution in [0.1, 0.15) is 25.3 Å². The maximum Gasteiger partial charge on any atom is 0.347 e. The van der Waals surface area contributed by atoms with E-state index in [9.17, 15) is 9.18 Å². The number of rotatable bonds is 6. The summed E-state index contributed by atoms with van der Waals surface area (Å²) in [5.41, 5.74) is 0.716. The summed E-state index contributed by atoms with van der Waals surface area (Å²) < 4.78 is 24.1. The van der Waals surface area contributed by atoms with Gasteiger partial charge in [0.15, 0.2) is 17.7 Å². The van der Waals surface area contributed by atoms with Crippen molar-refractivity contribution in [3.8, 4) is 5.75 Å². The van der Waals surface area contributed by atoms with Gasteiger partial charge in [0.1, 0.15) is 0 Å². The van der Waals surface area contributed by atoms with Gasteiger partial charge in [0.25, 0.3) is 0 Å². The highest BCUT2D eigenvalue weighted by Gasteiger charge is 2.29. The third kappa shape index (κ3) is 3.44. The Bertz CT molecular complexity index is 450. The Morgan fingerprint density at radius 1 is 1.53 bits per heavy atom. The second-order valence-electron chi connectivity index (χ2n) is 4.47. The summed E-state index contributed by atoms with van der Waals surface area (Å²) in [5.74, 6) is -0.721.